The van der Waals surface area contributed by atoms with Gasteiger partial charge in [0.1, 0.15) is 0 Å². The zero-order chi connectivity index (χ0) is 24.4. The van der Waals surface area contributed by atoms with Crippen LogP contribution in [0.3, 0.4) is 0 Å². The normalized spacial score (nSPS) is 20.4. The molecule has 0 fully saturated rings. The minimum atomic E-state index is 0.296. The first-order valence-corrected chi connectivity index (χ1v) is 13.4. The van der Waals surface area contributed by atoms with Crippen molar-refractivity contribution in [2.45, 2.75) is 39.2 Å². The van der Waals surface area contributed by atoms with Gasteiger partial charge in [0, 0.05) is 17.8 Å². The summed E-state index contributed by atoms with van der Waals surface area (Å²) in [6, 6.07) is 19.8. The van der Waals surface area contributed by atoms with Crippen LogP contribution in [0.25, 0.3) is 0 Å². The van der Waals surface area contributed by atoms with Gasteiger partial charge in [0.15, 0.2) is 11.5 Å². The highest BCUT2D eigenvalue weighted by atomic mass is 127. The zero-order valence-corrected chi connectivity index (χ0v) is 22.6. The van der Waals surface area contributed by atoms with Gasteiger partial charge in [0.2, 0.25) is 0 Å². The molecule has 2 aliphatic rings. The number of nitrogens with zero attached hydrogens (tertiary/aromatic N) is 1. The van der Waals surface area contributed by atoms with Crippen molar-refractivity contribution >= 4 is 40.2 Å². The van der Waals surface area contributed by atoms with E-state index in [0.717, 1.165) is 32.7 Å². The summed E-state index contributed by atoms with van der Waals surface area (Å²) in [5, 5.41) is 3.82. The van der Waals surface area contributed by atoms with E-state index >= 15 is 0 Å². The molecule has 3 aromatic rings. The van der Waals surface area contributed by atoms with E-state index in [0.29, 0.717) is 31.1 Å². The van der Waals surface area contributed by atoms with Crippen LogP contribution in [-0.2, 0) is 0 Å². The Morgan fingerprint density at radius 1 is 1.03 bits per heavy atom. The van der Waals surface area contributed by atoms with Gasteiger partial charge < -0.3 is 14.8 Å². The number of rotatable bonds is 7. The van der Waals surface area contributed by atoms with Crippen LogP contribution < -0.4 is 14.8 Å². The predicted molar refractivity (Wildman–Crippen MR) is 153 cm³/mol. The standard InChI is InChI=1S/C30H31IN2O2/c1-4-34-28-17-20(16-26(31)30(28)35-5-2)18-32-22-12-10-21(11-13-22)29-24-8-6-7-23(24)25-15-19(3)9-14-27(25)33-29/h6-7,9-18,23-24,29,33H,4-5,8H2,1-3H3/t23-,24-,29+/m1/s1. The number of aryl methyl sites for hydroxylation is 1. The third kappa shape index (κ3) is 4.96. The molecule has 3 aromatic carbocycles. The van der Waals surface area contributed by atoms with E-state index in [2.05, 4.69) is 95.5 Å². The van der Waals surface area contributed by atoms with Crippen molar-refractivity contribution in [1.82, 2.24) is 0 Å². The summed E-state index contributed by atoms with van der Waals surface area (Å²) in [7, 11) is 0. The molecule has 0 saturated heterocycles. The molecule has 5 rings (SSSR count). The maximum Gasteiger partial charge on any atom is 0.174 e. The van der Waals surface area contributed by atoms with Gasteiger partial charge in [-0.15, -0.1) is 0 Å². The molecule has 0 amide bonds. The fraction of sp³-hybridized carbons (Fsp3) is 0.300. The van der Waals surface area contributed by atoms with Crippen LogP contribution in [0.4, 0.5) is 11.4 Å². The monoisotopic (exact) mass is 578 g/mol. The summed E-state index contributed by atoms with van der Waals surface area (Å²) in [4.78, 5) is 4.74. The second-order valence-electron chi connectivity index (χ2n) is 9.11. The van der Waals surface area contributed by atoms with Crippen LogP contribution in [0.2, 0.25) is 0 Å². The van der Waals surface area contributed by atoms with Gasteiger partial charge in [0.05, 0.1) is 28.5 Å². The van der Waals surface area contributed by atoms with Gasteiger partial charge in [-0.3, -0.25) is 4.99 Å². The van der Waals surface area contributed by atoms with Crippen LogP contribution in [0.5, 0.6) is 11.5 Å². The Balaban J connectivity index is 1.36. The molecular formula is C30H31IN2O2. The molecule has 35 heavy (non-hydrogen) atoms. The van der Waals surface area contributed by atoms with Crippen molar-refractivity contribution in [3.05, 3.63) is 92.6 Å². The van der Waals surface area contributed by atoms with E-state index in [4.69, 9.17) is 14.5 Å². The maximum absolute atomic E-state index is 5.81. The molecule has 0 saturated carbocycles. The van der Waals surface area contributed by atoms with E-state index in [1.807, 2.05) is 26.1 Å². The minimum absolute atomic E-state index is 0.296. The molecule has 0 spiro atoms. The van der Waals surface area contributed by atoms with Crippen molar-refractivity contribution in [1.29, 1.82) is 0 Å². The van der Waals surface area contributed by atoms with Crippen molar-refractivity contribution in [3.8, 4) is 11.5 Å². The number of hydrogen-bond donors (Lipinski definition) is 1. The number of anilines is 1. The van der Waals surface area contributed by atoms with Crippen molar-refractivity contribution in [3.63, 3.8) is 0 Å². The van der Waals surface area contributed by atoms with E-state index in [9.17, 15) is 0 Å². The van der Waals surface area contributed by atoms with Crippen LogP contribution in [0, 0.1) is 16.4 Å². The van der Waals surface area contributed by atoms with E-state index in [1.54, 1.807) is 0 Å². The number of ether oxygens (including phenoxy) is 2. The number of allylic oxidation sites excluding steroid dienone is 2. The number of fused-ring (bicyclic) bond motifs is 3. The number of nitrogens with one attached hydrogen (secondary N) is 1. The lowest BCUT2D eigenvalue weighted by molar-refractivity contribution is 0.286. The molecule has 1 aliphatic heterocycles. The molecule has 1 N–H and O–H groups in total. The predicted octanol–water partition coefficient (Wildman–Crippen LogP) is 7.97. The molecule has 180 valence electrons. The highest BCUT2D eigenvalue weighted by molar-refractivity contribution is 14.1. The lowest BCUT2D eigenvalue weighted by atomic mass is 9.76. The maximum atomic E-state index is 5.81. The molecule has 1 aliphatic carbocycles. The molecule has 4 nitrogen and oxygen atoms in total. The summed E-state index contributed by atoms with van der Waals surface area (Å²) in [5.41, 5.74) is 7.24. The third-order valence-corrected chi connectivity index (χ3v) is 7.55. The molecule has 1 heterocycles. The van der Waals surface area contributed by atoms with Crippen molar-refractivity contribution < 1.29 is 9.47 Å². The summed E-state index contributed by atoms with van der Waals surface area (Å²) >= 11 is 2.29. The van der Waals surface area contributed by atoms with Gasteiger partial charge in [-0.2, -0.15) is 0 Å². The molecule has 5 heteroatoms. The minimum Gasteiger partial charge on any atom is -0.490 e. The first kappa shape index (κ1) is 23.9. The average Bonchev–Trinajstić information content (AvgIpc) is 3.35. The largest absolute Gasteiger partial charge is 0.490 e. The highest BCUT2D eigenvalue weighted by Gasteiger charge is 2.37. The second-order valence-corrected chi connectivity index (χ2v) is 10.3. The fourth-order valence-electron chi connectivity index (χ4n) is 5.17. The Labute approximate surface area is 221 Å². The lowest BCUT2D eigenvalue weighted by Gasteiger charge is -2.37. The third-order valence-electron chi connectivity index (χ3n) is 6.75. The van der Waals surface area contributed by atoms with E-state index in [1.165, 1.54) is 22.4 Å². The lowest BCUT2D eigenvalue weighted by Crippen LogP contribution is -2.29. The Kier molecular flexibility index (Phi) is 7.14. The highest BCUT2D eigenvalue weighted by Crippen LogP contribution is 2.50. The summed E-state index contributed by atoms with van der Waals surface area (Å²) in [6.07, 6.45) is 7.73. The Hall–Kier alpha value is -2.80. The molecule has 0 aromatic heterocycles. The number of benzene rings is 3. The van der Waals surface area contributed by atoms with Crippen LogP contribution >= 0.6 is 22.6 Å². The van der Waals surface area contributed by atoms with Crippen molar-refractivity contribution in [2.75, 3.05) is 18.5 Å². The zero-order valence-electron chi connectivity index (χ0n) is 20.4. The first-order valence-electron chi connectivity index (χ1n) is 12.3. The summed E-state index contributed by atoms with van der Waals surface area (Å²) < 4.78 is 12.6. The van der Waals surface area contributed by atoms with Crippen LogP contribution in [-0.4, -0.2) is 19.4 Å². The van der Waals surface area contributed by atoms with Gasteiger partial charge in [-0.25, -0.2) is 0 Å². The molecule has 0 radical (unpaired) electrons. The van der Waals surface area contributed by atoms with Gasteiger partial charge >= 0.3 is 0 Å². The molecular weight excluding hydrogens is 547 g/mol. The van der Waals surface area contributed by atoms with E-state index in [-0.39, 0.29) is 0 Å². The smallest absolute Gasteiger partial charge is 0.174 e. The Bertz CT molecular complexity index is 1270. The van der Waals surface area contributed by atoms with Crippen molar-refractivity contribution in [2.24, 2.45) is 10.9 Å². The molecule has 3 atom stereocenters. The van der Waals surface area contributed by atoms with Gasteiger partial charge in [-0.05, 0) is 103 Å². The Morgan fingerprint density at radius 3 is 2.60 bits per heavy atom. The molecule has 0 bridgehead atoms. The summed E-state index contributed by atoms with van der Waals surface area (Å²) in [5.74, 6) is 2.58. The summed E-state index contributed by atoms with van der Waals surface area (Å²) in [6.45, 7) is 7.33. The van der Waals surface area contributed by atoms with Crippen LogP contribution in [0.15, 0.2) is 71.7 Å². The first-order chi connectivity index (χ1) is 17.1. The van der Waals surface area contributed by atoms with E-state index < -0.39 is 0 Å². The number of aliphatic imine (C=N–C) groups is 1. The molecule has 0 unspecified atom stereocenters. The van der Waals surface area contributed by atoms with Crippen LogP contribution in [0.1, 0.15) is 54.5 Å². The fourth-order valence-corrected chi connectivity index (χ4v) is 5.95. The van der Waals surface area contributed by atoms with Gasteiger partial charge in [0.25, 0.3) is 0 Å². The SMILES string of the molecule is CCOc1cc(C=Nc2ccc([C@@H]3Nc4ccc(C)cc4[C@@H]4C=CC[C@H]43)cc2)cc(I)c1OCC. The second kappa shape index (κ2) is 10.4. The topological polar surface area (TPSA) is 42.8 Å². The Morgan fingerprint density at radius 2 is 1.83 bits per heavy atom. The number of hydrogen-bond acceptors (Lipinski definition) is 4. The number of halogens is 1. The average molecular weight is 578 g/mol. The quantitative estimate of drug-likeness (QED) is 0.176. The van der Waals surface area contributed by atoms with Gasteiger partial charge in [-0.1, -0.05) is 42.0 Å².